The second kappa shape index (κ2) is 7.06. The van der Waals surface area contributed by atoms with E-state index in [0.29, 0.717) is 0 Å². The van der Waals surface area contributed by atoms with E-state index < -0.39 is 38.4 Å². The van der Waals surface area contributed by atoms with Crippen molar-refractivity contribution in [1.29, 1.82) is 0 Å². The Labute approximate surface area is 163 Å². The van der Waals surface area contributed by atoms with Gasteiger partial charge in [0.1, 0.15) is 18.3 Å². The molecule has 1 saturated heterocycles. The molecule has 1 aliphatic heterocycles. The highest BCUT2D eigenvalue weighted by Gasteiger charge is 2.51. The molecule has 0 radical (unpaired) electrons. The number of aldehydes is 1. The summed E-state index contributed by atoms with van der Waals surface area (Å²) < 4.78 is 19.7. The zero-order valence-electron chi connectivity index (χ0n) is 16.9. The molecular formula is C17H27N5O5Si. The van der Waals surface area contributed by atoms with Crippen molar-refractivity contribution < 1.29 is 18.7 Å². The topological polar surface area (TPSA) is 134 Å². The SMILES string of the molecule is CO[C@@H]1[C@H](O[Si](C)(C)C(C)(C)C)[C@@H](C=O)O[C@H]1n1cnc2c(=O)[nH]c(N)nc21. The molecule has 0 amide bonds. The number of nitrogen functional groups attached to an aromatic ring is 1. The molecule has 11 heteroatoms. The third-order valence-electron chi connectivity index (χ3n) is 5.59. The van der Waals surface area contributed by atoms with E-state index in [0.717, 1.165) is 6.29 Å². The average molecular weight is 410 g/mol. The van der Waals surface area contributed by atoms with Crippen molar-refractivity contribution in [3.63, 3.8) is 0 Å². The molecule has 3 rings (SSSR count). The standard InChI is InChI=1S/C17H27N5O5Si/c1-17(2,3)28(5,6)27-11-9(7-23)26-15(12(11)25-4)22-8-19-10-13(22)20-16(18)21-14(10)24/h7-9,11-12,15H,1-6H3,(H3,18,20,21,24)/t9-,11-,12-,15-/m1/s1. The maximum absolute atomic E-state index is 12.1. The maximum atomic E-state index is 12.1. The normalized spacial score (nSPS) is 26.1. The van der Waals surface area contributed by atoms with Gasteiger partial charge in [-0.15, -0.1) is 0 Å². The van der Waals surface area contributed by atoms with E-state index in [1.165, 1.54) is 13.4 Å². The molecule has 3 N–H and O–H groups in total. The van der Waals surface area contributed by atoms with Crippen molar-refractivity contribution in [2.75, 3.05) is 12.8 Å². The van der Waals surface area contributed by atoms with Crippen molar-refractivity contribution in [3.05, 3.63) is 16.7 Å². The average Bonchev–Trinajstić information content (AvgIpc) is 3.14. The number of nitrogens with zero attached hydrogens (tertiary/aromatic N) is 3. The van der Waals surface area contributed by atoms with Crippen LogP contribution in [0, 0.1) is 0 Å². The third kappa shape index (κ3) is 3.38. The molecule has 0 spiro atoms. The molecule has 3 heterocycles. The number of carbonyl (C=O) groups excluding carboxylic acids is 1. The van der Waals surface area contributed by atoms with Crippen LogP contribution in [-0.4, -0.2) is 59.5 Å². The van der Waals surface area contributed by atoms with E-state index in [1.54, 1.807) is 4.57 Å². The first-order chi connectivity index (χ1) is 13.0. The lowest BCUT2D eigenvalue weighted by Gasteiger charge is -2.39. The van der Waals surface area contributed by atoms with Crippen LogP contribution in [0.2, 0.25) is 18.1 Å². The molecule has 28 heavy (non-hydrogen) atoms. The zero-order valence-corrected chi connectivity index (χ0v) is 17.9. The van der Waals surface area contributed by atoms with Gasteiger partial charge in [0.15, 0.2) is 32.0 Å². The molecule has 1 fully saturated rings. The summed E-state index contributed by atoms with van der Waals surface area (Å²) in [5, 5.41) is -0.0538. The molecule has 2 aromatic heterocycles. The van der Waals surface area contributed by atoms with Crippen molar-refractivity contribution in [2.45, 2.75) is 63.4 Å². The van der Waals surface area contributed by atoms with Gasteiger partial charge >= 0.3 is 0 Å². The predicted octanol–water partition coefficient (Wildman–Crippen LogP) is 1.20. The Hall–Kier alpha value is -2.08. The van der Waals surface area contributed by atoms with Crippen LogP contribution in [-0.2, 0) is 18.7 Å². The number of nitrogens with one attached hydrogen (secondary N) is 1. The Balaban J connectivity index is 2.02. The number of imidazole rings is 1. The highest BCUT2D eigenvalue weighted by Crippen LogP contribution is 2.42. The summed E-state index contributed by atoms with van der Waals surface area (Å²) in [4.78, 5) is 34.5. The summed E-state index contributed by atoms with van der Waals surface area (Å²) in [6, 6.07) is 0. The van der Waals surface area contributed by atoms with Gasteiger partial charge in [-0.3, -0.25) is 14.3 Å². The van der Waals surface area contributed by atoms with Gasteiger partial charge in [-0.2, -0.15) is 4.98 Å². The van der Waals surface area contributed by atoms with Crippen LogP contribution in [0.5, 0.6) is 0 Å². The summed E-state index contributed by atoms with van der Waals surface area (Å²) in [5.41, 5.74) is 5.61. The molecule has 0 aromatic carbocycles. The minimum Gasteiger partial charge on any atom is -0.408 e. The van der Waals surface area contributed by atoms with Gasteiger partial charge in [-0.05, 0) is 18.1 Å². The zero-order chi connectivity index (χ0) is 20.9. The first-order valence-corrected chi connectivity index (χ1v) is 11.9. The fourth-order valence-corrected chi connectivity index (χ4v) is 4.33. The molecule has 0 saturated carbocycles. The van der Waals surface area contributed by atoms with Crippen molar-refractivity contribution in [3.8, 4) is 0 Å². The van der Waals surface area contributed by atoms with Crippen LogP contribution >= 0.6 is 0 Å². The number of H-pyrrole nitrogens is 1. The molecule has 0 aliphatic carbocycles. The number of rotatable bonds is 5. The summed E-state index contributed by atoms with van der Waals surface area (Å²) >= 11 is 0. The molecule has 0 unspecified atom stereocenters. The second-order valence-electron chi connectivity index (χ2n) is 8.45. The van der Waals surface area contributed by atoms with Gasteiger partial charge in [0, 0.05) is 7.11 Å². The Morgan fingerprint density at radius 1 is 1.36 bits per heavy atom. The number of fused-ring (bicyclic) bond motifs is 1. The first kappa shape index (κ1) is 20.6. The number of ether oxygens (including phenoxy) is 2. The summed E-state index contributed by atoms with van der Waals surface area (Å²) in [7, 11) is -0.675. The van der Waals surface area contributed by atoms with Gasteiger partial charge in [-0.1, -0.05) is 20.8 Å². The molecule has 2 aromatic rings. The monoisotopic (exact) mass is 409 g/mol. The molecule has 10 nitrogen and oxygen atoms in total. The van der Waals surface area contributed by atoms with Gasteiger partial charge in [0.05, 0.1) is 6.33 Å². The number of carbonyl (C=O) groups is 1. The van der Waals surface area contributed by atoms with Crippen LogP contribution in [0.4, 0.5) is 5.95 Å². The largest absolute Gasteiger partial charge is 0.408 e. The third-order valence-corrected chi connectivity index (χ3v) is 10.1. The Morgan fingerprint density at radius 2 is 2.04 bits per heavy atom. The van der Waals surface area contributed by atoms with Gasteiger partial charge in [-0.25, -0.2) is 4.98 Å². The molecule has 1 aliphatic rings. The Bertz CT molecular complexity index is 934. The first-order valence-electron chi connectivity index (χ1n) is 9.04. The fourth-order valence-electron chi connectivity index (χ4n) is 3.03. The molecule has 154 valence electrons. The van der Waals surface area contributed by atoms with E-state index in [9.17, 15) is 9.59 Å². The maximum Gasteiger partial charge on any atom is 0.280 e. The Kier molecular flexibility index (Phi) is 5.21. The number of methoxy groups -OCH3 is 1. The quantitative estimate of drug-likeness (QED) is 0.556. The van der Waals surface area contributed by atoms with E-state index in [1.807, 2.05) is 0 Å². The minimum absolute atomic E-state index is 0.0350. The van der Waals surface area contributed by atoms with E-state index >= 15 is 0 Å². The van der Waals surface area contributed by atoms with Crippen molar-refractivity contribution in [1.82, 2.24) is 19.5 Å². The second-order valence-corrected chi connectivity index (χ2v) is 13.2. The number of aromatic amines is 1. The van der Waals surface area contributed by atoms with Crippen LogP contribution in [0.3, 0.4) is 0 Å². The number of hydrogen-bond acceptors (Lipinski definition) is 8. The summed E-state index contributed by atoms with van der Waals surface area (Å²) in [5.74, 6) is -0.0350. The number of nitrogens with two attached hydrogens (primary N) is 1. The van der Waals surface area contributed by atoms with Gasteiger partial charge < -0.3 is 24.4 Å². The number of anilines is 1. The van der Waals surface area contributed by atoms with Crippen LogP contribution in [0.25, 0.3) is 11.2 Å². The fraction of sp³-hybridized carbons (Fsp3) is 0.647. The van der Waals surface area contributed by atoms with Crippen molar-refractivity contribution in [2.24, 2.45) is 0 Å². The lowest BCUT2D eigenvalue weighted by Crippen LogP contribution is -2.49. The van der Waals surface area contributed by atoms with Crippen molar-refractivity contribution >= 4 is 31.7 Å². The van der Waals surface area contributed by atoms with Gasteiger partial charge in [0.2, 0.25) is 5.95 Å². The lowest BCUT2D eigenvalue weighted by molar-refractivity contribution is -0.122. The molecule has 4 atom stereocenters. The van der Waals surface area contributed by atoms with Gasteiger partial charge in [0.25, 0.3) is 5.56 Å². The summed E-state index contributed by atoms with van der Waals surface area (Å²) in [6.07, 6.45) is -0.597. The van der Waals surface area contributed by atoms with Crippen LogP contribution < -0.4 is 11.3 Å². The number of hydrogen-bond donors (Lipinski definition) is 2. The Morgan fingerprint density at radius 3 is 2.61 bits per heavy atom. The van der Waals surface area contributed by atoms with Crippen LogP contribution in [0.15, 0.2) is 11.1 Å². The lowest BCUT2D eigenvalue weighted by atomic mass is 10.1. The highest BCUT2D eigenvalue weighted by molar-refractivity contribution is 6.74. The minimum atomic E-state index is -2.21. The smallest absolute Gasteiger partial charge is 0.280 e. The van der Waals surface area contributed by atoms with E-state index in [-0.39, 0.29) is 22.2 Å². The van der Waals surface area contributed by atoms with E-state index in [2.05, 4.69) is 48.8 Å². The highest BCUT2D eigenvalue weighted by atomic mass is 28.4. The predicted molar refractivity (Wildman–Crippen MR) is 105 cm³/mol. The summed E-state index contributed by atoms with van der Waals surface area (Å²) in [6.45, 7) is 10.6. The molecular weight excluding hydrogens is 382 g/mol. The molecule has 0 bridgehead atoms. The number of aromatic nitrogens is 4. The van der Waals surface area contributed by atoms with E-state index in [4.69, 9.17) is 19.6 Å². The van der Waals surface area contributed by atoms with Crippen LogP contribution in [0.1, 0.15) is 27.0 Å².